The van der Waals surface area contributed by atoms with Crippen LogP contribution in [0.4, 0.5) is 0 Å². The molecule has 1 aliphatic rings. The van der Waals surface area contributed by atoms with Crippen LogP contribution in [0.3, 0.4) is 0 Å². The van der Waals surface area contributed by atoms with Gasteiger partial charge in [-0.2, -0.15) is 10.2 Å². The van der Waals surface area contributed by atoms with E-state index in [-0.39, 0.29) is 12.2 Å². The number of nitriles is 1. The molecule has 0 aliphatic carbocycles. The van der Waals surface area contributed by atoms with Gasteiger partial charge in [0.2, 0.25) is 0 Å². The van der Waals surface area contributed by atoms with Gasteiger partial charge in [-0.05, 0) is 13.0 Å². The van der Waals surface area contributed by atoms with Crippen LogP contribution in [0.15, 0.2) is 17.1 Å². The van der Waals surface area contributed by atoms with Gasteiger partial charge in [-0.25, -0.2) is 4.79 Å². The van der Waals surface area contributed by atoms with E-state index in [2.05, 4.69) is 4.98 Å². The lowest BCUT2D eigenvalue weighted by molar-refractivity contribution is -0.116. The first-order chi connectivity index (χ1) is 9.97. The van der Waals surface area contributed by atoms with Gasteiger partial charge in [-0.15, -0.1) is 0 Å². The molecule has 1 aromatic heterocycles. The summed E-state index contributed by atoms with van der Waals surface area (Å²) < 4.78 is 6.43. The molecule has 2 rings (SSSR count). The molecule has 21 heavy (non-hydrogen) atoms. The fourth-order valence-corrected chi connectivity index (χ4v) is 2.27. The van der Waals surface area contributed by atoms with Crippen molar-refractivity contribution in [3.8, 4) is 6.07 Å². The highest BCUT2D eigenvalue weighted by Gasteiger charge is 2.45. The summed E-state index contributed by atoms with van der Waals surface area (Å²) in [6, 6.07) is 3.36. The van der Waals surface area contributed by atoms with E-state index in [4.69, 9.17) is 15.1 Å². The van der Waals surface area contributed by atoms with Gasteiger partial charge in [0.25, 0.3) is 0 Å². The molecule has 0 bridgehead atoms. The molecule has 8 heteroatoms. The van der Waals surface area contributed by atoms with Crippen molar-refractivity contribution in [2.24, 2.45) is 5.92 Å². The van der Waals surface area contributed by atoms with Crippen molar-refractivity contribution >= 4 is 5.78 Å². The quantitative estimate of drug-likeness (QED) is 0.711. The van der Waals surface area contributed by atoms with E-state index in [0.717, 1.165) is 4.57 Å². The number of rotatable bonds is 4. The summed E-state index contributed by atoms with van der Waals surface area (Å²) in [6.07, 6.45) is -1.72. The molecule has 1 saturated heterocycles. The molecule has 112 valence electrons. The van der Waals surface area contributed by atoms with E-state index >= 15 is 0 Å². The number of Topliss-reactive ketones (excluding diaryl/α,β-unsaturated/α-hetero) is 1. The number of carbonyl (C=O) groups excluding carboxylic acids is 1. The van der Waals surface area contributed by atoms with Crippen LogP contribution in [0.2, 0.25) is 0 Å². The van der Waals surface area contributed by atoms with Gasteiger partial charge in [0.15, 0.2) is 6.23 Å². The molecule has 1 fully saturated rings. The Morgan fingerprint density at radius 3 is 2.86 bits per heavy atom. The second kappa shape index (κ2) is 6.13. The molecule has 0 aromatic carbocycles. The first-order valence-corrected chi connectivity index (χ1v) is 6.39. The minimum Gasteiger partial charge on any atom is -0.394 e. The normalized spacial score (nSPS) is 28.3. The smallest absolute Gasteiger partial charge is 0.349 e. The highest BCUT2D eigenvalue weighted by Crippen LogP contribution is 2.33. The third kappa shape index (κ3) is 3.00. The summed E-state index contributed by atoms with van der Waals surface area (Å²) in [5.41, 5.74) is -0.348. The van der Waals surface area contributed by atoms with Crippen molar-refractivity contribution in [2.45, 2.75) is 31.8 Å². The van der Waals surface area contributed by atoms with Crippen LogP contribution in [0.1, 0.15) is 18.8 Å². The van der Waals surface area contributed by atoms with Crippen LogP contribution in [-0.2, 0) is 16.0 Å². The molecule has 0 amide bonds. The second-order valence-corrected chi connectivity index (χ2v) is 4.88. The van der Waals surface area contributed by atoms with Crippen molar-refractivity contribution < 1.29 is 19.7 Å². The van der Waals surface area contributed by atoms with E-state index in [1.54, 1.807) is 0 Å². The van der Waals surface area contributed by atoms with Crippen molar-refractivity contribution in [3.63, 3.8) is 0 Å². The minimum absolute atomic E-state index is 0.0468. The minimum atomic E-state index is -1.19. The number of nitrogens with zero attached hydrogens (tertiary/aromatic N) is 3. The number of hydrogen-bond donors (Lipinski definition) is 2. The van der Waals surface area contributed by atoms with Crippen molar-refractivity contribution in [3.05, 3.63) is 28.4 Å². The highest BCUT2D eigenvalue weighted by atomic mass is 16.5. The SMILES string of the molecule is CC(=O)Cc1ccn([C@@H]2O[C@H](CO)C(O)[C@@H]2C#N)c(=O)n1. The second-order valence-electron chi connectivity index (χ2n) is 4.88. The van der Waals surface area contributed by atoms with Crippen LogP contribution in [0.5, 0.6) is 0 Å². The molecular weight excluding hydrogens is 278 g/mol. The van der Waals surface area contributed by atoms with Gasteiger partial charge in [-0.1, -0.05) is 0 Å². The first kappa shape index (κ1) is 15.3. The molecule has 1 aromatic rings. The molecule has 0 radical (unpaired) electrons. The zero-order valence-corrected chi connectivity index (χ0v) is 11.3. The lowest BCUT2D eigenvalue weighted by atomic mass is 10.0. The van der Waals surface area contributed by atoms with Crippen LogP contribution in [0, 0.1) is 17.2 Å². The Kier molecular flexibility index (Phi) is 4.47. The van der Waals surface area contributed by atoms with Crippen molar-refractivity contribution in [2.75, 3.05) is 6.61 Å². The third-order valence-corrected chi connectivity index (χ3v) is 3.29. The Morgan fingerprint density at radius 2 is 2.33 bits per heavy atom. The number of ketones is 1. The highest BCUT2D eigenvalue weighted by molar-refractivity contribution is 5.77. The Morgan fingerprint density at radius 1 is 1.62 bits per heavy atom. The topological polar surface area (TPSA) is 125 Å². The largest absolute Gasteiger partial charge is 0.394 e. The first-order valence-electron chi connectivity index (χ1n) is 6.39. The number of aliphatic hydroxyl groups excluding tert-OH is 2. The zero-order valence-electron chi connectivity index (χ0n) is 11.3. The van der Waals surface area contributed by atoms with Gasteiger partial charge >= 0.3 is 5.69 Å². The summed E-state index contributed by atoms with van der Waals surface area (Å²) in [5, 5.41) is 28.0. The van der Waals surface area contributed by atoms with Crippen LogP contribution >= 0.6 is 0 Å². The van der Waals surface area contributed by atoms with E-state index in [9.17, 15) is 14.7 Å². The van der Waals surface area contributed by atoms with Gasteiger partial charge in [0, 0.05) is 12.6 Å². The van der Waals surface area contributed by atoms with E-state index in [1.807, 2.05) is 6.07 Å². The molecule has 2 N–H and O–H groups in total. The molecule has 1 aliphatic heterocycles. The van der Waals surface area contributed by atoms with Gasteiger partial charge in [0.05, 0.1) is 18.4 Å². The fourth-order valence-electron chi connectivity index (χ4n) is 2.27. The van der Waals surface area contributed by atoms with Crippen molar-refractivity contribution in [1.82, 2.24) is 9.55 Å². The maximum Gasteiger partial charge on any atom is 0.349 e. The number of ether oxygens (including phenoxy) is 1. The van der Waals surface area contributed by atoms with Crippen LogP contribution in [-0.4, -0.2) is 44.4 Å². The number of carbonyl (C=O) groups is 1. The standard InChI is InChI=1S/C13H15N3O5/c1-7(18)4-8-2-3-16(13(20)15-8)12-9(5-14)11(19)10(6-17)21-12/h2-3,9-12,17,19H,4,6H2,1H3/t9-,10+,11?,12+/m0/s1. The Hall–Kier alpha value is -2.08. The average molecular weight is 293 g/mol. The zero-order chi connectivity index (χ0) is 15.6. The molecule has 8 nitrogen and oxygen atoms in total. The lowest BCUT2D eigenvalue weighted by Gasteiger charge is -2.16. The summed E-state index contributed by atoms with van der Waals surface area (Å²) >= 11 is 0. The molecule has 1 unspecified atom stereocenters. The Balaban J connectivity index is 2.32. The Labute approximate surface area is 120 Å². The van der Waals surface area contributed by atoms with Crippen LogP contribution in [0.25, 0.3) is 0 Å². The summed E-state index contributed by atoms with van der Waals surface area (Å²) in [4.78, 5) is 26.7. The Bertz CT molecular complexity index is 635. The fraction of sp³-hybridized carbons (Fsp3) is 0.538. The third-order valence-electron chi connectivity index (χ3n) is 3.29. The number of aliphatic hydroxyl groups is 2. The van der Waals surface area contributed by atoms with Gasteiger partial charge in [0.1, 0.15) is 23.9 Å². The van der Waals surface area contributed by atoms with Crippen molar-refractivity contribution in [1.29, 1.82) is 5.26 Å². The summed E-state index contributed by atoms with van der Waals surface area (Å²) in [5.74, 6) is -1.11. The van der Waals surface area contributed by atoms with Gasteiger partial charge in [-0.3, -0.25) is 9.36 Å². The van der Waals surface area contributed by atoms with E-state index in [0.29, 0.717) is 5.69 Å². The monoisotopic (exact) mass is 293 g/mol. The predicted octanol–water partition coefficient (Wildman–Crippen LogP) is -1.23. The average Bonchev–Trinajstić information content (AvgIpc) is 2.74. The van der Waals surface area contributed by atoms with E-state index in [1.165, 1.54) is 19.2 Å². The number of aromatic nitrogens is 2. The maximum atomic E-state index is 12.0. The predicted molar refractivity (Wildman–Crippen MR) is 69.0 cm³/mol. The molecule has 0 saturated carbocycles. The molecule has 2 heterocycles. The lowest BCUT2D eigenvalue weighted by Crippen LogP contribution is -2.32. The summed E-state index contributed by atoms with van der Waals surface area (Å²) in [6.45, 7) is 0.932. The maximum absolute atomic E-state index is 12.0. The molecular formula is C13H15N3O5. The summed E-state index contributed by atoms with van der Waals surface area (Å²) in [7, 11) is 0. The molecule has 4 atom stereocenters. The molecule has 0 spiro atoms. The number of hydrogen-bond acceptors (Lipinski definition) is 7. The van der Waals surface area contributed by atoms with E-state index < -0.39 is 36.7 Å². The van der Waals surface area contributed by atoms with Gasteiger partial charge < -0.3 is 14.9 Å². The van der Waals surface area contributed by atoms with Crippen LogP contribution < -0.4 is 5.69 Å².